The molecule has 168 valence electrons. The van der Waals surface area contributed by atoms with E-state index < -0.39 is 6.10 Å². The van der Waals surface area contributed by atoms with Crippen LogP contribution in [0.1, 0.15) is 28.9 Å². The van der Waals surface area contributed by atoms with Crippen LogP contribution in [0.5, 0.6) is 0 Å². The van der Waals surface area contributed by atoms with Gasteiger partial charge in [-0.05, 0) is 42.8 Å². The quantitative estimate of drug-likeness (QED) is 0.366. The smallest absolute Gasteiger partial charge is 0.256 e. The third kappa shape index (κ3) is 3.98. The Labute approximate surface area is 195 Å². The Hall–Kier alpha value is -4.56. The molecule has 0 aliphatic carbocycles. The van der Waals surface area contributed by atoms with Crippen molar-refractivity contribution in [3.63, 3.8) is 0 Å². The summed E-state index contributed by atoms with van der Waals surface area (Å²) in [6.07, 6.45) is 4.46. The average molecular weight is 451 g/mol. The normalized spacial score (nSPS) is 11.9. The van der Waals surface area contributed by atoms with E-state index in [1.54, 1.807) is 49.8 Å². The van der Waals surface area contributed by atoms with Crippen LogP contribution in [0.2, 0.25) is 0 Å². The molecule has 0 saturated carbocycles. The van der Waals surface area contributed by atoms with Crippen molar-refractivity contribution in [3.8, 4) is 22.6 Å². The highest BCUT2D eigenvalue weighted by Crippen LogP contribution is 2.33. The summed E-state index contributed by atoms with van der Waals surface area (Å²) in [7, 11) is 0. The van der Waals surface area contributed by atoms with Gasteiger partial charge < -0.3 is 16.2 Å². The molecule has 1 atom stereocenters. The van der Waals surface area contributed by atoms with Gasteiger partial charge in [-0.25, -0.2) is 15.0 Å². The zero-order valence-corrected chi connectivity index (χ0v) is 18.4. The van der Waals surface area contributed by atoms with Crippen LogP contribution in [0.25, 0.3) is 28.2 Å². The number of nitrogens with two attached hydrogens (primary N) is 1. The molecule has 1 amide bonds. The topological polar surface area (TPSA) is 118 Å². The van der Waals surface area contributed by atoms with Crippen molar-refractivity contribution in [2.75, 3.05) is 11.1 Å². The van der Waals surface area contributed by atoms with E-state index in [1.807, 2.05) is 46.9 Å². The lowest BCUT2D eigenvalue weighted by atomic mass is 10.1. The van der Waals surface area contributed by atoms with Crippen molar-refractivity contribution in [1.82, 2.24) is 19.4 Å². The summed E-state index contributed by atoms with van der Waals surface area (Å²) in [4.78, 5) is 25.8. The van der Waals surface area contributed by atoms with E-state index in [-0.39, 0.29) is 5.91 Å². The summed E-state index contributed by atoms with van der Waals surface area (Å²) in [6, 6.07) is 20.1. The minimum atomic E-state index is -0.595. The molecule has 8 heteroatoms. The van der Waals surface area contributed by atoms with Crippen molar-refractivity contribution in [3.05, 3.63) is 96.4 Å². The first-order valence-corrected chi connectivity index (χ1v) is 10.7. The number of pyridine rings is 1. The molecular formula is C26H22N6O2. The van der Waals surface area contributed by atoms with Gasteiger partial charge in [0.1, 0.15) is 28.7 Å². The molecule has 1 unspecified atom stereocenters. The number of imidazole rings is 1. The first-order chi connectivity index (χ1) is 16.5. The number of nitrogens with zero attached hydrogens (tertiary/aromatic N) is 4. The molecule has 3 aromatic heterocycles. The Morgan fingerprint density at radius 3 is 2.56 bits per heavy atom. The van der Waals surface area contributed by atoms with Gasteiger partial charge in [-0.2, -0.15) is 0 Å². The Morgan fingerprint density at radius 1 is 1.00 bits per heavy atom. The van der Waals surface area contributed by atoms with Gasteiger partial charge in [0.05, 0.1) is 6.10 Å². The number of benzene rings is 2. The molecule has 2 aromatic carbocycles. The van der Waals surface area contributed by atoms with E-state index in [4.69, 9.17) is 10.7 Å². The molecule has 4 N–H and O–H groups in total. The molecule has 0 fully saturated rings. The van der Waals surface area contributed by atoms with Crippen LogP contribution in [0, 0.1) is 0 Å². The Balaban J connectivity index is 1.54. The van der Waals surface area contributed by atoms with Crippen molar-refractivity contribution >= 4 is 23.1 Å². The second kappa shape index (κ2) is 8.76. The predicted octanol–water partition coefficient (Wildman–Crippen LogP) is 4.35. The summed E-state index contributed by atoms with van der Waals surface area (Å²) in [6.45, 7) is 1.72. The van der Waals surface area contributed by atoms with Gasteiger partial charge in [0.2, 0.25) is 0 Å². The van der Waals surface area contributed by atoms with Gasteiger partial charge in [0, 0.05) is 35.3 Å². The molecule has 0 spiro atoms. The van der Waals surface area contributed by atoms with E-state index in [9.17, 15) is 9.90 Å². The van der Waals surface area contributed by atoms with E-state index >= 15 is 0 Å². The number of aliphatic hydroxyl groups excluding tert-OH is 1. The Bertz CT molecular complexity index is 1480. The van der Waals surface area contributed by atoms with Crippen LogP contribution >= 0.6 is 0 Å². The highest BCUT2D eigenvalue weighted by Gasteiger charge is 2.18. The number of amides is 1. The minimum Gasteiger partial charge on any atom is -0.389 e. The van der Waals surface area contributed by atoms with Crippen LogP contribution in [0.3, 0.4) is 0 Å². The summed E-state index contributed by atoms with van der Waals surface area (Å²) < 4.78 is 1.89. The highest BCUT2D eigenvalue weighted by molar-refractivity contribution is 6.04. The molecule has 0 radical (unpaired) electrons. The number of fused-ring (bicyclic) bond motifs is 1. The lowest BCUT2D eigenvalue weighted by molar-refractivity contribution is 0.102. The number of nitrogens with one attached hydrogen (secondary N) is 1. The van der Waals surface area contributed by atoms with Crippen LogP contribution in [0.15, 0.2) is 85.3 Å². The number of aliphatic hydroxyl groups is 1. The number of anilines is 2. The van der Waals surface area contributed by atoms with Crippen molar-refractivity contribution < 1.29 is 9.90 Å². The second-order valence-electron chi connectivity index (χ2n) is 7.86. The lowest BCUT2D eigenvalue weighted by Gasteiger charge is -2.07. The maximum absolute atomic E-state index is 12.6. The fourth-order valence-corrected chi connectivity index (χ4v) is 3.81. The third-order valence-corrected chi connectivity index (χ3v) is 5.54. The Morgan fingerprint density at radius 2 is 1.82 bits per heavy atom. The summed E-state index contributed by atoms with van der Waals surface area (Å²) in [5.41, 5.74) is 10.5. The number of carbonyl (C=O) groups excluding carboxylic acids is 1. The van der Waals surface area contributed by atoms with Crippen LogP contribution in [-0.4, -0.2) is 30.4 Å². The SMILES string of the molecule is CC(O)c1cccc(-c2nc(-c3ccc(C(=O)Nc4ccccn4)cc3)c3c(N)nccn23)c1. The number of hydrogen-bond donors (Lipinski definition) is 3. The maximum Gasteiger partial charge on any atom is 0.256 e. The van der Waals surface area contributed by atoms with Crippen LogP contribution < -0.4 is 11.1 Å². The summed E-state index contributed by atoms with van der Waals surface area (Å²) >= 11 is 0. The number of aromatic nitrogens is 4. The second-order valence-corrected chi connectivity index (χ2v) is 7.86. The van der Waals surface area contributed by atoms with E-state index in [2.05, 4.69) is 15.3 Å². The molecule has 0 aliphatic rings. The molecule has 0 aliphatic heterocycles. The fourth-order valence-electron chi connectivity index (χ4n) is 3.81. The van der Waals surface area contributed by atoms with Crippen molar-refractivity contribution in [2.45, 2.75) is 13.0 Å². The molecule has 8 nitrogen and oxygen atoms in total. The third-order valence-electron chi connectivity index (χ3n) is 5.54. The van der Waals surface area contributed by atoms with Gasteiger partial charge >= 0.3 is 0 Å². The fraction of sp³-hybridized carbons (Fsp3) is 0.0769. The van der Waals surface area contributed by atoms with Crippen LogP contribution in [-0.2, 0) is 0 Å². The van der Waals surface area contributed by atoms with Gasteiger partial charge in [-0.3, -0.25) is 9.20 Å². The molecular weight excluding hydrogens is 428 g/mol. The molecule has 0 saturated heterocycles. The number of rotatable bonds is 5. The summed E-state index contributed by atoms with van der Waals surface area (Å²) in [5.74, 6) is 1.26. The molecule has 5 aromatic rings. The zero-order valence-electron chi connectivity index (χ0n) is 18.4. The van der Waals surface area contributed by atoms with Gasteiger partial charge in [0.25, 0.3) is 5.91 Å². The number of nitrogen functional groups attached to an aromatic ring is 1. The molecule has 0 bridgehead atoms. The number of carbonyl (C=O) groups is 1. The van der Waals surface area contributed by atoms with E-state index in [0.29, 0.717) is 34.2 Å². The van der Waals surface area contributed by atoms with Crippen LogP contribution in [0.4, 0.5) is 11.6 Å². The average Bonchev–Trinajstić information content (AvgIpc) is 3.26. The lowest BCUT2D eigenvalue weighted by Crippen LogP contribution is -2.12. The predicted molar refractivity (Wildman–Crippen MR) is 131 cm³/mol. The van der Waals surface area contributed by atoms with Gasteiger partial charge in [0.15, 0.2) is 0 Å². The largest absolute Gasteiger partial charge is 0.389 e. The van der Waals surface area contributed by atoms with E-state index in [0.717, 1.165) is 16.7 Å². The maximum atomic E-state index is 12.6. The molecule has 34 heavy (non-hydrogen) atoms. The minimum absolute atomic E-state index is 0.253. The molecule has 5 rings (SSSR count). The monoisotopic (exact) mass is 450 g/mol. The molecule has 3 heterocycles. The van der Waals surface area contributed by atoms with Gasteiger partial charge in [-0.15, -0.1) is 0 Å². The number of hydrogen-bond acceptors (Lipinski definition) is 6. The van der Waals surface area contributed by atoms with E-state index in [1.165, 1.54) is 0 Å². The first kappa shape index (κ1) is 21.3. The first-order valence-electron chi connectivity index (χ1n) is 10.7. The van der Waals surface area contributed by atoms with Crippen molar-refractivity contribution in [1.29, 1.82) is 0 Å². The summed E-state index contributed by atoms with van der Waals surface area (Å²) in [5, 5.41) is 12.8. The Kier molecular flexibility index (Phi) is 5.49. The highest BCUT2D eigenvalue weighted by atomic mass is 16.3. The standard InChI is InChI=1S/C26H22N6O2/c1-16(33)19-5-4-6-20(15-19)25-31-22(23-24(27)29-13-14-32(23)25)17-8-10-18(11-9-17)26(34)30-21-7-2-3-12-28-21/h2-16,33H,1H3,(H2,27,29)(H,28,30,34). The zero-order chi connectivity index (χ0) is 23.7. The van der Waals surface area contributed by atoms with Crippen molar-refractivity contribution in [2.24, 2.45) is 0 Å². The van der Waals surface area contributed by atoms with Gasteiger partial charge in [-0.1, -0.05) is 36.4 Å².